The van der Waals surface area contributed by atoms with Crippen molar-refractivity contribution in [1.82, 2.24) is 9.78 Å². The Morgan fingerprint density at radius 2 is 2.16 bits per heavy atom. The number of ether oxygens (including phenoxy) is 1. The van der Waals surface area contributed by atoms with Crippen molar-refractivity contribution in [3.8, 4) is 5.75 Å². The zero-order valence-corrected chi connectivity index (χ0v) is 10.7. The maximum Gasteiger partial charge on any atom is 0.263 e. The number of hydrogen-bond acceptors (Lipinski definition) is 4. The smallest absolute Gasteiger partial charge is 0.263 e. The van der Waals surface area contributed by atoms with Crippen LogP contribution in [0.25, 0.3) is 0 Å². The molecule has 0 atom stereocenters. The maximum atomic E-state index is 11.7. The summed E-state index contributed by atoms with van der Waals surface area (Å²) in [7, 11) is 1.77. The van der Waals surface area contributed by atoms with Crippen LogP contribution in [0.4, 0.5) is 5.82 Å². The van der Waals surface area contributed by atoms with E-state index in [1.165, 1.54) is 0 Å². The Balaban J connectivity index is 1.91. The number of amides is 1. The molecule has 19 heavy (non-hydrogen) atoms. The van der Waals surface area contributed by atoms with Gasteiger partial charge in [-0.2, -0.15) is 5.10 Å². The van der Waals surface area contributed by atoms with Gasteiger partial charge < -0.3 is 15.8 Å². The molecule has 1 amide bonds. The van der Waals surface area contributed by atoms with E-state index in [-0.39, 0.29) is 12.5 Å². The SMILES string of the molecule is Cn1cc(CN)c(NC(=O)COc2ccccc2)n1. The minimum Gasteiger partial charge on any atom is -0.484 e. The number of anilines is 1. The number of aryl methyl sites for hydroxylation is 1. The maximum absolute atomic E-state index is 11.7. The monoisotopic (exact) mass is 260 g/mol. The van der Waals surface area contributed by atoms with E-state index >= 15 is 0 Å². The first kappa shape index (κ1) is 13.1. The summed E-state index contributed by atoms with van der Waals surface area (Å²) < 4.78 is 6.95. The number of nitrogens with zero attached hydrogens (tertiary/aromatic N) is 2. The Kier molecular flexibility index (Phi) is 4.15. The van der Waals surface area contributed by atoms with Crippen molar-refractivity contribution in [3.63, 3.8) is 0 Å². The minimum absolute atomic E-state index is 0.0649. The van der Waals surface area contributed by atoms with Gasteiger partial charge in [-0.25, -0.2) is 0 Å². The van der Waals surface area contributed by atoms with Crippen LogP contribution in [-0.2, 0) is 18.4 Å². The number of carbonyl (C=O) groups excluding carboxylic acids is 1. The summed E-state index contributed by atoms with van der Waals surface area (Å²) in [6.45, 7) is 0.258. The van der Waals surface area contributed by atoms with Gasteiger partial charge in [0.05, 0.1) is 0 Å². The summed E-state index contributed by atoms with van der Waals surface area (Å²) in [4.78, 5) is 11.7. The van der Waals surface area contributed by atoms with E-state index in [2.05, 4.69) is 10.4 Å². The third-order valence-corrected chi connectivity index (χ3v) is 2.50. The first-order chi connectivity index (χ1) is 9.19. The molecule has 0 unspecified atom stereocenters. The summed E-state index contributed by atoms with van der Waals surface area (Å²) in [6, 6.07) is 9.16. The Bertz CT molecular complexity index is 551. The molecular weight excluding hydrogens is 244 g/mol. The Labute approximate surface area is 111 Å². The first-order valence-electron chi connectivity index (χ1n) is 5.89. The fourth-order valence-electron chi connectivity index (χ4n) is 1.63. The summed E-state index contributed by atoms with van der Waals surface area (Å²) in [6.07, 6.45) is 1.77. The molecule has 0 radical (unpaired) electrons. The van der Waals surface area contributed by atoms with Crippen LogP contribution in [-0.4, -0.2) is 22.3 Å². The van der Waals surface area contributed by atoms with Gasteiger partial charge in [0.25, 0.3) is 5.91 Å². The van der Waals surface area contributed by atoms with Gasteiger partial charge in [-0.1, -0.05) is 18.2 Å². The summed E-state index contributed by atoms with van der Waals surface area (Å²) in [5.41, 5.74) is 6.36. The molecule has 6 nitrogen and oxygen atoms in total. The molecule has 3 N–H and O–H groups in total. The summed E-state index contributed by atoms with van der Waals surface area (Å²) in [5, 5.41) is 6.80. The predicted octanol–water partition coefficient (Wildman–Crippen LogP) is 0.896. The number of nitrogens with one attached hydrogen (secondary N) is 1. The molecule has 1 aromatic heterocycles. The van der Waals surface area contributed by atoms with Gasteiger partial charge in [0.15, 0.2) is 12.4 Å². The van der Waals surface area contributed by atoms with Crippen LogP contribution in [0.3, 0.4) is 0 Å². The lowest BCUT2D eigenvalue weighted by molar-refractivity contribution is -0.118. The van der Waals surface area contributed by atoms with Crippen molar-refractivity contribution in [2.75, 3.05) is 11.9 Å². The molecule has 0 bridgehead atoms. The van der Waals surface area contributed by atoms with Crippen molar-refractivity contribution in [2.24, 2.45) is 12.8 Å². The van der Waals surface area contributed by atoms with Crippen LogP contribution >= 0.6 is 0 Å². The van der Waals surface area contributed by atoms with Crippen molar-refractivity contribution >= 4 is 11.7 Å². The quantitative estimate of drug-likeness (QED) is 0.836. The van der Waals surface area contributed by atoms with Crippen molar-refractivity contribution in [3.05, 3.63) is 42.1 Å². The zero-order valence-electron chi connectivity index (χ0n) is 10.7. The third kappa shape index (κ3) is 3.56. The standard InChI is InChI=1S/C13H16N4O2/c1-17-8-10(7-14)13(16-17)15-12(18)9-19-11-5-3-2-4-6-11/h2-6,8H,7,9,14H2,1H3,(H,15,16,18). The van der Waals surface area contributed by atoms with Gasteiger partial charge in [0.2, 0.25) is 0 Å². The molecule has 0 aliphatic carbocycles. The van der Waals surface area contributed by atoms with Gasteiger partial charge in [-0.15, -0.1) is 0 Å². The van der Waals surface area contributed by atoms with Crippen LogP contribution < -0.4 is 15.8 Å². The Morgan fingerprint density at radius 1 is 1.42 bits per heavy atom. The molecule has 0 fully saturated rings. The van der Waals surface area contributed by atoms with Crippen LogP contribution in [0.2, 0.25) is 0 Å². The average molecular weight is 260 g/mol. The number of para-hydroxylation sites is 1. The van der Waals surface area contributed by atoms with Crippen molar-refractivity contribution in [1.29, 1.82) is 0 Å². The predicted molar refractivity (Wildman–Crippen MR) is 71.7 cm³/mol. The number of rotatable bonds is 5. The third-order valence-electron chi connectivity index (χ3n) is 2.50. The molecule has 0 saturated carbocycles. The molecule has 100 valence electrons. The average Bonchev–Trinajstić information content (AvgIpc) is 2.77. The van der Waals surface area contributed by atoms with Gasteiger partial charge in [0, 0.05) is 25.4 Å². The van der Waals surface area contributed by atoms with Crippen molar-refractivity contribution in [2.45, 2.75) is 6.54 Å². The van der Waals surface area contributed by atoms with Gasteiger partial charge in [0.1, 0.15) is 5.75 Å². The van der Waals surface area contributed by atoms with Crippen LogP contribution in [0.15, 0.2) is 36.5 Å². The lowest BCUT2D eigenvalue weighted by Crippen LogP contribution is -2.21. The summed E-state index contributed by atoms with van der Waals surface area (Å²) >= 11 is 0. The van der Waals surface area contributed by atoms with Crippen molar-refractivity contribution < 1.29 is 9.53 Å². The lowest BCUT2D eigenvalue weighted by atomic mass is 10.3. The number of hydrogen-bond donors (Lipinski definition) is 2. The largest absolute Gasteiger partial charge is 0.484 e. The Hall–Kier alpha value is -2.34. The van der Waals surface area contributed by atoms with E-state index < -0.39 is 0 Å². The second-order valence-corrected chi connectivity index (χ2v) is 4.03. The number of aromatic nitrogens is 2. The van der Waals surface area contributed by atoms with E-state index in [9.17, 15) is 4.79 Å². The van der Waals surface area contributed by atoms with E-state index in [0.717, 1.165) is 5.56 Å². The van der Waals surface area contributed by atoms with Crippen LogP contribution in [0.5, 0.6) is 5.75 Å². The summed E-state index contributed by atoms with van der Waals surface area (Å²) in [5.74, 6) is 0.863. The van der Waals surface area contributed by atoms with Crippen LogP contribution in [0, 0.1) is 0 Å². The second-order valence-electron chi connectivity index (χ2n) is 4.03. The molecule has 6 heteroatoms. The number of carbonyl (C=O) groups is 1. The van der Waals surface area contributed by atoms with E-state index in [0.29, 0.717) is 18.1 Å². The zero-order chi connectivity index (χ0) is 13.7. The molecule has 1 heterocycles. The normalized spacial score (nSPS) is 10.2. The topological polar surface area (TPSA) is 82.2 Å². The molecule has 2 rings (SSSR count). The molecular formula is C13H16N4O2. The molecule has 1 aromatic carbocycles. The molecule has 2 aromatic rings. The Morgan fingerprint density at radius 3 is 2.84 bits per heavy atom. The highest BCUT2D eigenvalue weighted by Gasteiger charge is 2.10. The van der Waals surface area contributed by atoms with Crippen LogP contribution in [0.1, 0.15) is 5.56 Å². The van der Waals surface area contributed by atoms with Gasteiger partial charge in [-0.05, 0) is 12.1 Å². The lowest BCUT2D eigenvalue weighted by Gasteiger charge is -2.06. The molecule has 0 aliphatic rings. The van der Waals surface area contributed by atoms with E-state index in [1.807, 2.05) is 18.2 Å². The minimum atomic E-state index is -0.266. The molecule has 0 saturated heterocycles. The highest BCUT2D eigenvalue weighted by molar-refractivity contribution is 5.91. The van der Waals surface area contributed by atoms with Gasteiger partial charge in [-0.3, -0.25) is 9.48 Å². The molecule has 0 spiro atoms. The van der Waals surface area contributed by atoms with E-state index in [4.69, 9.17) is 10.5 Å². The first-order valence-corrected chi connectivity index (χ1v) is 5.89. The second kappa shape index (κ2) is 6.01. The fourth-order valence-corrected chi connectivity index (χ4v) is 1.63. The fraction of sp³-hybridized carbons (Fsp3) is 0.231. The highest BCUT2D eigenvalue weighted by atomic mass is 16.5. The number of nitrogens with two attached hydrogens (primary N) is 1. The molecule has 0 aliphatic heterocycles. The van der Waals surface area contributed by atoms with Gasteiger partial charge >= 0.3 is 0 Å². The van der Waals surface area contributed by atoms with E-state index in [1.54, 1.807) is 30.1 Å². The highest BCUT2D eigenvalue weighted by Crippen LogP contribution is 2.12. The number of benzene rings is 1.